The number of pyridine rings is 1. The lowest BCUT2D eigenvalue weighted by Crippen LogP contribution is -2.41. The third-order valence-electron chi connectivity index (χ3n) is 6.66. The van der Waals surface area contributed by atoms with Gasteiger partial charge >= 0.3 is 5.97 Å². The van der Waals surface area contributed by atoms with E-state index in [4.69, 9.17) is 4.74 Å². The fourth-order valence-electron chi connectivity index (χ4n) is 4.60. The number of carboxylic acid groups (broad SMARTS) is 1. The fraction of sp³-hybridized carbons (Fsp3) is 0.156. The van der Waals surface area contributed by atoms with Crippen molar-refractivity contribution in [2.75, 3.05) is 6.61 Å². The lowest BCUT2D eigenvalue weighted by molar-refractivity contribution is -0.142. The maximum atomic E-state index is 12.6. The van der Waals surface area contributed by atoms with Gasteiger partial charge in [-0.05, 0) is 54.3 Å². The van der Waals surface area contributed by atoms with Crippen LogP contribution in [0.4, 0.5) is 0 Å². The first-order chi connectivity index (χ1) is 19.5. The van der Waals surface area contributed by atoms with Crippen LogP contribution in [0.2, 0.25) is 0 Å². The second-order valence-corrected chi connectivity index (χ2v) is 9.48. The van der Waals surface area contributed by atoms with Gasteiger partial charge in [0.1, 0.15) is 17.5 Å². The molecule has 0 aliphatic heterocycles. The van der Waals surface area contributed by atoms with E-state index in [2.05, 4.69) is 15.3 Å². The Morgan fingerprint density at radius 3 is 2.48 bits per heavy atom. The molecule has 0 aliphatic rings. The van der Waals surface area contributed by atoms with Crippen LogP contribution in [0.1, 0.15) is 18.4 Å². The molecule has 202 valence electrons. The molecule has 0 bridgehead atoms. The third-order valence-corrected chi connectivity index (χ3v) is 6.66. The molecular weight excluding hydrogens is 506 g/mol. The summed E-state index contributed by atoms with van der Waals surface area (Å²) in [7, 11) is 0. The van der Waals surface area contributed by atoms with Crippen molar-refractivity contribution >= 4 is 22.8 Å². The Labute approximate surface area is 231 Å². The minimum absolute atomic E-state index is 0.0414. The number of carboxylic acids is 1. The lowest BCUT2D eigenvalue weighted by atomic mass is 9.98. The highest BCUT2D eigenvalue weighted by Crippen LogP contribution is 2.38. The summed E-state index contributed by atoms with van der Waals surface area (Å²) in [5.41, 5.74) is 4.53. The summed E-state index contributed by atoms with van der Waals surface area (Å²) < 4.78 is 5.61. The minimum Gasteiger partial charge on any atom is -0.507 e. The fourth-order valence-corrected chi connectivity index (χ4v) is 4.60. The van der Waals surface area contributed by atoms with Gasteiger partial charge in [-0.2, -0.15) is 0 Å². The van der Waals surface area contributed by atoms with Crippen LogP contribution < -0.4 is 10.1 Å². The number of aromatic hydroxyl groups is 1. The van der Waals surface area contributed by atoms with Gasteiger partial charge in [-0.15, -0.1) is 0 Å². The molecule has 0 saturated carbocycles. The first-order valence-corrected chi connectivity index (χ1v) is 13.0. The van der Waals surface area contributed by atoms with E-state index in [1.54, 1.807) is 24.5 Å². The van der Waals surface area contributed by atoms with Crippen LogP contribution >= 0.6 is 0 Å². The number of nitrogens with one attached hydrogen (secondary N) is 2. The summed E-state index contributed by atoms with van der Waals surface area (Å²) >= 11 is 0. The molecule has 5 rings (SSSR count). The van der Waals surface area contributed by atoms with E-state index in [1.165, 1.54) is 0 Å². The molecule has 1 atom stereocenters. The van der Waals surface area contributed by atoms with Crippen LogP contribution in [0.3, 0.4) is 0 Å². The number of benzene rings is 3. The molecule has 2 heterocycles. The van der Waals surface area contributed by atoms with Crippen LogP contribution in [0.15, 0.2) is 97.3 Å². The molecule has 8 nitrogen and oxygen atoms in total. The number of para-hydroxylation sites is 2. The van der Waals surface area contributed by atoms with Gasteiger partial charge in [0, 0.05) is 22.7 Å². The van der Waals surface area contributed by atoms with Crippen LogP contribution in [0.5, 0.6) is 11.5 Å². The molecular formula is C32H29N3O5. The van der Waals surface area contributed by atoms with Crippen LogP contribution in [-0.4, -0.2) is 44.7 Å². The topological polar surface area (TPSA) is 125 Å². The second-order valence-electron chi connectivity index (χ2n) is 9.48. The molecule has 0 radical (unpaired) electrons. The van der Waals surface area contributed by atoms with E-state index in [9.17, 15) is 19.8 Å². The number of aromatic nitrogens is 2. The van der Waals surface area contributed by atoms with Crippen molar-refractivity contribution in [3.05, 3.63) is 103 Å². The molecule has 0 saturated heterocycles. The Morgan fingerprint density at radius 2 is 1.73 bits per heavy atom. The zero-order valence-corrected chi connectivity index (χ0v) is 21.7. The maximum Gasteiger partial charge on any atom is 0.326 e. The van der Waals surface area contributed by atoms with Crippen molar-refractivity contribution in [1.82, 2.24) is 15.3 Å². The van der Waals surface area contributed by atoms with Gasteiger partial charge in [-0.25, -0.2) is 4.79 Å². The number of rotatable bonds is 11. The average Bonchev–Trinajstić information content (AvgIpc) is 3.40. The maximum absolute atomic E-state index is 12.6. The van der Waals surface area contributed by atoms with Crippen molar-refractivity contribution in [1.29, 1.82) is 0 Å². The number of ether oxygens (including phenoxy) is 1. The van der Waals surface area contributed by atoms with Gasteiger partial charge in [-0.3, -0.25) is 9.78 Å². The van der Waals surface area contributed by atoms with E-state index in [-0.39, 0.29) is 24.5 Å². The van der Waals surface area contributed by atoms with E-state index in [0.29, 0.717) is 24.2 Å². The Kier molecular flexibility index (Phi) is 8.06. The van der Waals surface area contributed by atoms with E-state index in [1.807, 2.05) is 72.8 Å². The van der Waals surface area contributed by atoms with Crippen molar-refractivity contribution in [3.63, 3.8) is 0 Å². The smallest absolute Gasteiger partial charge is 0.326 e. The molecule has 1 unspecified atom stereocenters. The van der Waals surface area contributed by atoms with Gasteiger partial charge in [0.2, 0.25) is 5.91 Å². The SMILES string of the molecule is O=C(Cc1ccc(-c2cccc(-c3cc4ccncc4[nH]3)c2O)cc1)NC(CCCOc1ccccc1)C(=O)O. The summed E-state index contributed by atoms with van der Waals surface area (Å²) in [5, 5.41) is 24.2. The van der Waals surface area contributed by atoms with E-state index >= 15 is 0 Å². The average molecular weight is 536 g/mol. The van der Waals surface area contributed by atoms with Gasteiger partial charge in [0.15, 0.2) is 0 Å². The monoisotopic (exact) mass is 535 g/mol. The van der Waals surface area contributed by atoms with Crippen molar-refractivity contribution in [3.8, 4) is 33.9 Å². The Morgan fingerprint density at radius 1 is 0.950 bits per heavy atom. The standard InChI is InChI=1S/C32H29N3O5/c36-30(35-27(32(38)39)10-5-17-40-24-6-2-1-3-7-24)18-21-11-13-22(14-12-21)25-8-4-9-26(31(25)37)28-19-23-15-16-33-20-29(23)34-28/h1-4,6-9,11-16,19-20,27,34,37H,5,10,17-18H2,(H,35,36)(H,38,39). The van der Waals surface area contributed by atoms with E-state index in [0.717, 1.165) is 33.5 Å². The molecule has 4 N–H and O–H groups in total. The van der Waals surface area contributed by atoms with Crippen LogP contribution in [0.25, 0.3) is 33.3 Å². The highest BCUT2D eigenvalue weighted by molar-refractivity contribution is 5.89. The lowest BCUT2D eigenvalue weighted by Gasteiger charge is -2.15. The number of hydrogen-bond donors (Lipinski definition) is 4. The van der Waals surface area contributed by atoms with Gasteiger partial charge < -0.3 is 25.3 Å². The summed E-state index contributed by atoms with van der Waals surface area (Å²) in [6.45, 7) is 0.358. The quantitative estimate of drug-likeness (QED) is 0.164. The number of carbonyl (C=O) groups is 2. The number of amides is 1. The number of aliphatic carboxylic acids is 1. The zero-order valence-electron chi connectivity index (χ0n) is 21.7. The molecule has 8 heteroatoms. The van der Waals surface area contributed by atoms with Crippen molar-refractivity contribution < 1.29 is 24.5 Å². The summed E-state index contributed by atoms with van der Waals surface area (Å²) in [6.07, 6.45) is 4.25. The van der Waals surface area contributed by atoms with Crippen molar-refractivity contribution in [2.24, 2.45) is 0 Å². The highest BCUT2D eigenvalue weighted by Gasteiger charge is 2.20. The second kappa shape index (κ2) is 12.2. The van der Waals surface area contributed by atoms with Gasteiger partial charge in [0.05, 0.1) is 30.4 Å². The van der Waals surface area contributed by atoms with E-state index < -0.39 is 12.0 Å². The predicted octanol–water partition coefficient (Wildman–Crippen LogP) is 5.57. The van der Waals surface area contributed by atoms with Crippen molar-refractivity contribution in [2.45, 2.75) is 25.3 Å². The molecule has 0 fully saturated rings. The normalized spacial score (nSPS) is 11.7. The number of phenolic OH excluding ortho intramolecular Hbond substituents is 1. The predicted molar refractivity (Wildman–Crippen MR) is 153 cm³/mol. The number of hydrogen-bond acceptors (Lipinski definition) is 5. The van der Waals surface area contributed by atoms with Gasteiger partial charge in [-0.1, -0.05) is 54.6 Å². The Bertz CT molecular complexity index is 1580. The molecule has 3 aromatic carbocycles. The Balaban J connectivity index is 1.20. The molecule has 5 aromatic rings. The number of H-pyrrole nitrogens is 1. The molecule has 40 heavy (non-hydrogen) atoms. The molecule has 0 spiro atoms. The summed E-state index contributed by atoms with van der Waals surface area (Å²) in [4.78, 5) is 31.7. The number of carbonyl (C=O) groups excluding carboxylic acids is 1. The molecule has 0 aliphatic carbocycles. The minimum atomic E-state index is -1.08. The number of fused-ring (bicyclic) bond motifs is 1. The first kappa shape index (κ1) is 26.5. The zero-order chi connectivity index (χ0) is 27.9. The number of phenols is 1. The Hall–Kier alpha value is -5.11. The third kappa shape index (κ3) is 6.30. The highest BCUT2D eigenvalue weighted by atomic mass is 16.5. The largest absolute Gasteiger partial charge is 0.507 e. The summed E-state index contributed by atoms with van der Waals surface area (Å²) in [6, 6.07) is 25.0. The van der Waals surface area contributed by atoms with Crippen LogP contribution in [-0.2, 0) is 16.0 Å². The molecule has 2 aromatic heterocycles. The number of aromatic amines is 1. The molecule has 1 amide bonds. The number of nitrogens with zero attached hydrogens (tertiary/aromatic N) is 1. The van der Waals surface area contributed by atoms with Gasteiger partial charge in [0.25, 0.3) is 0 Å². The summed E-state index contributed by atoms with van der Waals surface area (Å²) in [5.74, 6) is -0.586. The first-order valence-electron chi connectivity index (χ1n) is 13.0. The van der Waals surface area contributed by atoms with Crippen LogP contribution in [0, 0.1) is 0 Å².